The van der Waals surface area contributed by atoms with Gasteiger partial charge in [0.1, 0.15) is 0 Å². The molecule has 0 spiro atoms. The Morgan fingerprint density at radius 3 is 2.18 bits per heavy atom. The van der Waals surface area contributed by atoms with Crippen molar-refractivity contribution in [3.63, 3.8) is 0 Å². The van der Waals surface area contributed by atoms with Crippen LogP contribution in [0.3, 0.4) is 0 Å². The SMILES string of the molecule is CC(C)OC(=O)N1[C@@H]2C[C@@H]([C@H]3c4ccccc4C(=O)N[C@H]32)N1C(=O)OC(C)C. The first kappa shape index (κ1) is 18.6. The van der Waals surface area contributed by atoms with E-state index in [1.54, 1.807) is 33.8 Å². The van der Waals surface area contributed by atoms with E-state index >= 15 is 0 Å². The van der Waals surface area contributed by atoms with Crippen molar-refractivity contribution in [1.29, 1.82) is 0 Å². The summed E-state index contributed by atoms with van der Waals surface area (Å²) in [5, 5.41) is 5.77. The molecule has 3 amide bonds. The van der Waals surface area contributed by atoms with Crippen molar-refractivity contribution in [1.82, 2.24) is 15.3 Å². The van der Waals surface area contributed by atoms with Crippen molar-refractivity contribution in [3.8, 4) is 0 Å². The summed E-state index contributed by atoms with van der Waals surface area (Å²) in [4.78, 5) is 38.2. The van der Waals surface area contributed by atoms with Crippen LogP contribution in [0.2, 0.25) is 0 Å². The number of hydrogen-bond donors (Lipinski definition) is 1. The third-order valence-corrected chi connectivity index (χ3v) is 5.47. The third kappa shape index (κ3) is 2.78. The van der Waals surface area contributed by atoms with Gasteiger partial charge in [0.2, 0.25) is 0 Å². The Kier molecular flexibility index (Phi) is 4.44. The average Bonchev–Trinajstić information content (AvgIpc) is 3.17. The first-order valence-electron chi connectivity index (χ1n) is 9.69. The molecule has 8 nitrogen and oxygen atoms in total. The Morgan fingerprint density at radius 2 is 1.57 bits per heavy atom. The van der Waals surface area contributed by atoms with Crippen molar-refractivity contribution >= 4 is 18.1 Å². The van der Waals surface area contributed by atoms with Crippen LogP contribution in [-0.4, -0.2) is 58.4 Å². The number of rotatable bonds is 2. The first-order valence-corrected chi connectivity index (χ1v) is 9.69. The number of fused-ring (bicyclic) bond motifs is 7. The number of carbonyl (C=O) groups is 3. The second kappa shape index (κ2) is 6.68. The zero-order valence-corrected chi connectivity index (χ0v) is 16.4. The average molecular weight is 387 g/mol. The van der Waals surface area contributed by atoms with E-state index in [1.807, 2.05) is 18.2 Å². The fourth-order valence-electron chi connectivity index (χ4n) is 4.61. The highest BCUT2D eigenvalue weighted by molar-refractivity contribution is 5.98. The van der Waals surface area contributed by atoms with Crippen molar-refractivity contribution in [2.24, 2.45) is 0 Å². The summed E-state index contributed by atoms with van der Waals surface area (Å²) < 4.78 is 10.8. The maximum atomic E-state index is 12.9. The molecule has 1 aromatic rings. The predicted molar refractivity (Wildman–Crippen MR) is 99.5 cm³/mol. The van der Waals surface area contributed by atoms with Crippen LogP contribution in [0.1, 0.15) is 56.0 Å². The lowest BCUT2D eigenvalue weighted by atomic mass is 9.82. The van der Waals surface area contributed by atoms with Crippen LogP contribution >= 0.6 is 0 Å². The summed E-state index contributed by atoms with van der Waals surface area (Å²) in [5.74, 6) is -0.250. The molecule has 0 radical (unpaired) electrons. The smallest absolute Gasteiger partial charge is 0.429 e. The Labute approximate surface area is 163 Å². The van der Waals surface area contributed by atoms with Crippen molar-refractivity contribution in [2.75, 3.05) is 0 Å². The number of ether oxygens (including phenoxy) is 2. The molecule has 28 heavy (non-hydrogen) atoms. The lowest BCUT2D eigenvalue weighted by Crippen LogP contribution is -2.65. The van der Waals surface area contributed by atoms with Crippen LogP contribution < -0.4 is 5.32 Å². The second-order valence-corrected chi connectivity index (χ2v) is 8.04. The topological polar surface area (TPSA) is 88.2 Å². The van der Waals surface area contributed by atoms with Gasteiger partial charge in [-0.15, -0.1) is 0 Å². The van der Waals surface area contributed by atoms with Crippen LogP contribution in [-0.2, 0) is 9.47 Å². The molecule has 1 saturated carbocycles. The zero-order valence-electron chi connectivity index (χ0n) is 16.4. The molecule has 1 saturated heterocycles. The van der Waals surface area contributed by atoms with E-state index in [1.165, 1.54) is 10.0 Å². The van der Waals surface area contributed by atoms with E-state index in [0.717, 1.165) is 5.56 Å². The van der Waals surface area contributed by atoms with Gasteiger partial charge in [0, 0.05) is 11.5 Å². The molecule has 2 aliphatic heterocycles. The van der Waals surface area contributed by atoms with Gasteiger partial charge in [0.15, 0.2) is 0 Å². The van der Waals surface area contributed by atoms with Gasteiger partial charge < -0.3 is 14.8 Å². The van der Waals surface area contributed by atoms with E-state index in [0.29, 0.717) is 12.0 Å². The maximum Gasteiger partial charge on any atom is 0.429 e. The Balaban J connectivity index is 1.73. The molecule has 3 aliphatic rings. The van der Waals surface area contributed by atoms with Gasteiger partial charge in [-0.05, 0) is 45.7 Å². The minimum atomic E-state index is -0.602. The zero-order chi connectivity index (χ0) is 20.2. The largest absolute Gasteiger partial charge is 0.445 e. The summed E-state index contributed by atoms with van der Waals surface area (Å²) in [6, 6.07) is 6.51. The number of benzene rings is 1. The molecular formula is C20H25N3O5. The van der Waals surface area contributed by atoms with E-state index in [2.05, 4.69) is 5.32 Å². The van der Waals surface area contributed by atoms with Gasteiger partial charge in [-0.2, -0.15) is 0 Å². The number of hydrazine groups is 1. The van der Waals surface area contributed by atoms with Crippen molar-refractivity contribution in [2.45, 2.75) is 70.4 Å². The lowest BCUT2D eigenvalue weighted by molar-refractivity contribution is -0.0643. The Bertz CT molecular complexity index is 824. The molecule has 1 aromatic carbocycles. The summed E-state index contributed by atoms with van der Waals surface area (Å²) in [5.41, 5.74) is 1.52. The van der Waals surface area contributed by atoms with Crippen molar-refractivity contribution in [3.05, 3.63) is 35.4 Å². The number of nitrogens with zero attached hydrogens (tertiary/aromatic N) is 2. The lowest BCUT2D eigenvalue weighted by Gasteiger charge is -2.46. The molecule has 0 aromatic heterocycles. The molecule has 1 aliphatic carbocycles. The van der Waals surface area contributed by atoms with Gasteiger partial charge in [-0.1, -0.05) is 18.2 Å². The van der Waals surface area contributed by atoms with Crippen LogP contribution in [0.15, 0.2) is 24.3 Å². The van der Waals surface area contributed by atoms with Crippen LogP contribution in [0.5, 0.6) is 0 Å². The van der Waals surface area contributed by atoms with Crippen LogP contribution in [0.25, 0.3) is 0 Å². The molecule has 2 heterocycles. The highest BCUT2D eigenvalue weighted by Gasteiger charge is 2.63. The molecule has 1 N–H and O–H groups in total. The number of nitrogens with one attached hydrogen (secondary N) is 1. The van der Waals surface area contributed by atoms with Crippen LogP contribution in [0.4, 0.5) is 9.59 Å². The minimum absolute atomic E-state index is 0.0956. The van der Waals surface area contributed by atoms with E-state index < -0.39 is 12.2 Å². The minimum Gasteiger partial charge on any atom is -0.445 e. The third-order valence-electron chi connectivity index (χ3n) is 5.47. The molecule has 150 valence electrons. The molecule has 0 unspecified atom stereocenters. The maximum absolute atomic E-state index is 12.9. The van der Waals surface area contributed by atoms with Gasteiger partial charge in [-0.25, -0.2) is 19.6 Å². The molecule has 2 bridgehead atoms. The number of amides is 3. The monoisotopic (exact) mass is 387 g/mol. The van der Waals surface area contributed by atoms with Gasteiger partial charge >= 0.3 is 12.2 Å². The fraction of sp³-hybridized carbons (Fsp3) is 0.550. The number of hydrogen-bond acceptors (Lipinski definition) is 5. The molecule has 4 atom stereocenters. The van der Waals surface area contributed by atoms with Crippen molar-refractivity contribution < 1.29 is 23.9 Å². The summed E-state index contributed by atoms with van der Waals surface area (Å²) in [6.07, 6.45) is -1.26. The summed E-state index contributed by atoms with van der Waals surface area (Å²) >= 11 is 0. The number of carbonyl (C=O) groups excluding carboxylic acids is 3. The summed E-state index contributed by atoms with van der Waals surface area (Å²) in [6.45, 7) is 7.04. The van der Waals surface area contributed by atoms with Gasteiger partial charge in [0.05, 0.1) is 30.3 Å². The predicted octanol–water partition coefficient (Wildman–Crippen LogP) is 2.65. The molecule has 2 fully saturated rings. The summed E-state index contributed by atoms with van der Waals surface area (Å²) in [7, 11) is 0. The molecular weight excluding hydrogens is 362 g/mol. The van der Waals surface area contributed by atoms with Gasteiger partial charge in [-0.3, -0.25) is 4.79 Å². The van der Waals surface area contributed by atoms with Gasteiger partial charge in [0.25, 0.3) is 5.91 Å². The normalized spacial score (nSPS) is 27.6. The molecule has 4 rings (SSSR count). The van der Waals surface area contributed by atoms with E-state index in [9.17, 15) is 14.4 Å². The highest BCUT2D eigenvalue weighted by atomic mass is 16.6. The first-order chi connectivity index (χ1) is 13.3. The quantitative estimate of drug-likeness (QED) is 0.843. The van der Waals surface area contributed by atoms with E-state index in [4.69, 9.17) is 9.47 Å². The second-order valence-electron chi connectivity index (χ2n) is 8.04. The fourth-order valence-corrected chi connectivity index (χ4v) is 4.61. The Morgan fingerprint density at radius 1 is 1.00 bits per heavy atom. The van der Waals surface area contributed by atoms with Crippen LogP contribution in [0, 0.1) is 0 Å². The molecule has 8 heteroatoms. The standard InChI is InChI=1S/C20H25N3O5/c1-10(2)27-19(25)22-14-9-15(23(22)20(26)28-11(3)4)17-16(14)12-7-5-6-8-13(12)18(24)21-17/h5-8,10-11,14-17H,9H2,1-4H3,(H,21,24)/t14-,15+,16+,17-/m0/s1. The van der Waals surface area contributed by atoms with E-state index in [-0.39, 0.29) is 42.2 Å². The highest BCUT2D eigenvalue weighted by Crippen LogP contribution is 2.50. The Hall–Kier alpha value is -2.77.